The standard InChI is InChI=1S/C18H19FN2O/c19-15-6-8-16(9-7-15)22-11-3-10-20-12-14-13-21-18-5-2-1-4-17(14)18/h1-2,4-9,13,20-21H,3,10-12H2. The monoisotopic (exact) mass is 298 g/mol. The molecule has 0 aliphatic heterocycles. The Morgan fingerprint density at radius 2 is 1.86 bits per heavy atom. The van der Waals surface area contributed by atoms with Gasteiger partial charge in [0.15, 0.2) is 0 Å². The number of nitrogens with one attached hydrogen (secondary N) is 2. The molecular weight excluding hydrogens is 279 g/mol. The Hall–Kier alpha value is -2.33. The highest BCUT2D eigenvalue weighted by Gasteiger charge is 2.01. The molecule has 4 heteroatoms. The van der Waals surface area contributed by atoms with Crippen molar-refractivity contribution in [2.75, 3.05) is 13.2 Å². The molecule has 1 heterocycles. The molecular formula is C18H19FN2O. The van der Waals surface area contributed by atoms with Crippen molar-refractivity contribution >= 4 is 10.9 Å². The number of para-hydroxylation sites is 1. The first-order chi connectivity index (χ1) is 10.8. The zero-order valence-electron chi connectivity index (χ0n) is 12.3. The number of fused-ring (bicyclic) bond motifs is 1. The van der Waals surface area contributed by atoms with Gasteiger partial charge in [-0.1, -0.05) is 18.2 Å². The van der Waals surface area contributed by atoms with Crippen LogP contribution >= 0.6 is 0 Å². The summed E-state index contributed by atoms with van der Waals surface area (Å²) < 4.78 is 18.3. The molecule has 2 aromatic carbocycles. The normalized spacial score (nSPS) is 11.0. The predicted molar refractivity (Wildman–Crippen MR) is 86.5 cm³/mol. The van der Waals surface area contributed by atoms with Crippen LogP contribution in [0.1, 0.15) is 12.0 Å². The molecule has 0 atom stereocenters. The molecule has 0 saturated heterocycles. The Morgan fingerprint density at radius 1 is 1.05 bits per heavy atom. The molecule has 0 aliphatic rings. The Morgan fingerprint density at radius 3 is 2.73 bits per heavy atom. The summed E-state index contributed by atoms with van der Waals surface area (Å²) in [5.41, 5.74) is 2.44. The maximum absolute atomic E-state index is 12.8. The van der Waals surface area contributed by atoms with Crippen LogP contribution in [0, 0.1) is 5.82 Å². The van der Waals surface area contributed by atoms with Gasteiger partial charge in [-0.2, -0.15) is 0 Å². The van der Waals surface area contributed by atoms with Gasteiger partial charge in [0, 0.05) is 23.6 Å². The van der Waals surface area contributed by atoms with E-state index in [0.717, 1.165) is 19.5 Å². The second-order valence-electron chi connectivity index (χ2n) is 5.19. The smallest absolute Gasteiger partial charge is 0.123 e. The Bertz CT molecular complexity index is 721. The minimum absolute atomic E-state index is 0.243. The van der Waals surface area contributed by atoms with E-state index in [-0.39, 0.29) is 5.82 Å². The summed E-state index contributed by atoms with van der Waals surface area (Å²) in [7, 11) is 0. The van der Waals surface area contributed by atoms with Gasteiger partial charge in [-0.3, -0.25) is 0 Å². The molecule has 3 nitrogen and oxygen atoms in total. The summed E-state index contributed by atoms with van der Waals surface area (Å²) in [6.07, 6.45) is 2.95. The van der Waals surface area contributed by atoms with Crippen molar-refractivity contribution in [2.24, 2.45) is 0 Å². The summed E-state index contributed by atoms with van der Waals surface area (Å²) in [6, 6.07) is 14.4. The lowest BCUT2D eigenvalue weighted by Gasteiger charge is -2.07. The molecule has 3 aromatic rings. The van der Waals surface area contributed by atoms with Gasteiger partial charge in [-0.05, 0) is 48.9 Å². The van der Waals surface area contributed by atoms with E-state index in [1.165, 1.54) is 28.6 Å². The Kier molecular flexibility index (Phi) is 4.71. The van der Waals surface area contributed by atoms with Gasteiger partial charge in [-0.25, -0.2) is 4.39 Å². The van der Waals surface area contributed by atoms with Crippen molar-refractivity contribution in [1.82, 2.24) is 10.3 Å². The topological polar surface area (TPSA) is 37.0 Å². The number of halogens is 1. The summed E-state index contributed by atoms with van der Waals surface area (Å²) >= 11 is 0. The van der Waals surface area contributed by atoms with E-state index in [1.807, 2.05) is 12.3 Å². The quantitative estimate of drug-likeness (QED) is 0.650. The van der Waals surface area contributed by atoms with Gasteiger partial charge in [0.25, 0.3) is 0 Å². The molecule has 0 spiro atoms. The van der Waals surface area contributed by atoms with Crippen LogP contribution in [-0.4, -0.2) is 18.1 Å². The van der Waals surface area contributed by atoms with E-state index in [0.29, 0.717) is 12.4 Å². The molecule has 0 radical (unpaired) electrons. The van der Waals surface area contributed by atoms with E-state index in [1.54, 1.807) is 12.1 Å². The van der Waals surface area contributed by atoms with Gasteiger partial charge in [0.05, 0.1) is 6.61 Å². The average molecular weight is 298 g/mol. The highest BCUT2D eigenvalue weighted by Crippen LogP contribution is 2.17. The molecule has 114 valence electrons. The molecule has 0 aliphatic carbocycles. The molecule has 0 bridgehead atoms. The van der Waals surface area contributed by atoms with Crippen molar-refractivity contribution in [3.63, 3.8) is 0 Å². The number of aromatic amines is 1. The molecule has 0 amide bonds. The fourth-order valence-corrected chi connectivity index (χ4v) is 2.42. The second kappa shape index (κ2) is 7.09. The lowest BCUT2D eigenvalue weighted by atomic mass is 10.2. The first kappa shape index (κ1) is 14.6. The van der Waals surface area contributed by atoms with Crippen molar-refractivity contribution < 1.29 is 9.13 Å². The fraction of sp³-hybridized carbons (Fsp3) is 0.222. The van der Waals surface area contributed by atoms with Crippen LogP contribution in [0.3, 0.4) is 0 Å². The molecule has 0 saturated carbocycles. The van der Waals surface area contributed by atoms with Crippen molar-refractivity contribution in [2.45, 2.75) is 13.0 Å². The third kappa shape index (κ3) is 3.65. The SMILES string of the molecule is Fc1ccc(OCCCNCc2c[nH]c3ccccc23)cc1. The van der Waals surface area contributed by atoms with Crippen LogP contribution in [0.5, 0.6) is 5.75 Å². The summed E-state index contributed by atoms with van der Waals surface area (Å²) in [4.78, 5) is 3.27. The molecule has 0 unspecified atom stereocenters. The second-order valence-corrected chi connectivity index (χ2v) is 5.19. The number of aromatic nitrogens is 1. The van der Waals surface area contributed by atoms with Crippen LogP contribution in [0.15, 0.2) is 54.7 Å². The molecule has 0 fully saturated rings. The minimum Gasteiger partial charge on any atom is -0.494 e. The van der Waals surface area contributed by atoms with Crippen LogP contribution in [0.25, 0.3) is 10.9 Å². The Balaban J connectivity index is 1.38. The number of H-pyrrole nitrogens is 1. The molecule has 2 N–H and O–H groups in total. The van der Waals surface area contributed by atoms with Gasteiger partial charge >= 0.3 is 0 Å². The largest absolute Gasteiger partial charge is 0.494 e. The molecule has 22 heavy (non-hydrogen) atoms. The van der Waals surface area contributed by atoms with E-state index < -0.39 is 0 Å². The Labute approximate surface area is 129 Å². The number of rotatable bonds is 7. The first-order valence-electron chi connectivity index (χ1n) is 7.47. The number of hydrogen-bond donors (Lipinski definition) is 2. The lowest BCUT2D eigenvalue weighted by Crippen LogP contribution is -2.16. The zero-order chi connectivity index (χ0) is 15.2. The van der Waals surface area contributed by atoms with Crippen molar-refractivity contribution in [3.05, 3.63) is 66.1 Å². The van der Waals surface area contributed by atoms with Crippen molar-refractivity contribution in [3.8, 4) is 5.75 Å². The summed E-state index contributed by atoms with van der Waals surface area (Å²) in [6.45, 7) is 2.33. The number of benzene rings is 2. The third-order valence-electron chi connectivity index (χ3n) is 3.57. The fourth-order valence-electron chi connectivity index (χ4n) is 2.42. The highest BCUT2D eigenvalue weighted by atomic mass is 19.1. The minimum atomic E-state index is -0.243. The van der Waals surface area contributed by atoms with E-state index >= 15 is 0 Å². The maximum Gasteiger partial charge on any atom is 0.123 e. The predicted octanol–water partition coefficient (Wildman–Crippen LogP) is 3.87. The van der Waals surface area contributed by atoms with Crippen LogP contribution in [0.2, 0.25) is 0 Å². The van der Waals surface area contributed by atoms with Gasteiger partial charge in [-0.15, -0.1) is 0 Å². The van der Waals surface area contributed by atoms with Crippen molar-refractivity contribution in [1.29, 1.82) is 0 Å². The molecule has 1 aromatic heterocycles. The highest BCUT2D eigenvalue weighted by molar-refractivity contribution is 5.82. The van der Waals surface area contributed by atoms with Crippen LogP contribution in [0.4, 0.5) is 4.39 Å². The number of hydrogen-bond acceptors (Lipinski definition) is 2. The van der Waals surface area contributed by atoms with Gasteiger partial charge < -0.3 is 15.0 Å². The number of ether oxygens (including phenoxy) is 1. The van der Waals surface area contributed by atoms with Gasteiger partial charge in [0.1, 0.15) is 11.6 Å². The first-order valence-corrected chi connectivity index (χ1v) is 7.47. The third-order valence-corrected chi connectivity index (χ3v) is 3.57. The van der Waals surface area contributed by atoms with Gasteiger partial charge in [0.2, 0.25) is 0 Å². The summed E-state index contributed by atoms with van der Waals surface area (Å²) in [5, 5.41) is 4.68. The molecule has 3 rings (SSSR count). The zero-order valence-corrected chi connectivity index (χ0v) is 12.3. The van der Waals surface area contributed by atoms with Crippen LogP contribution < -0.4 is 10.1 Å². The maximum atomic E-state index is 12.8. The summed E-state index contributed by atoms with van der Waals surface area (Å²) in [5.74, 6) is 0.464. The average Bonchev–Trinajstić information content (AvgIpc) is 2.96. The van der Waals surface area contributed by atoms with E-state index in [9.17, 15) is 4.39 Å². The lowest BCUT2D eigenvalue weighted by molar-refractivity contribution is 0.307. The van der Waals surface area contributed by atoms with E-state index in [2.05, 4.69) is 28.5 Å². The van der Waals surface area contributed by atoms with E-state index in [4.69, 9.17) is 4.74 Å². The van der Waals surface area contributed by atoms with Crippen LogP contribution in [-0.2, 0) is 6.54 Å².